The van der Waals surface area contributed by atoms with Crippen molar-refractivity contribution in [2.75, 3.05) is 13.2 Å². The average Bonchev–Trinajstić information content (AvgIpc) is 2.68. The average molecular weight is 427 g/mol. The molecule has 1 aromatic carbocycles. The van der Waals surface area contributed by atoms with Crippen molar-refractivity contribution in [3.05, 3.63) is 82.9 Å². The number of carbonyl (C=O) groups excluding carboxylic acids is 2. The fraction of sp³-hybridized carbons (Fsp3) is 0.200. The first-order chi connectivity index (χ1) is 13.3. The molecule has 1 aromatic rings. The van der Waals surface area contributed by atoms with Gasteiger partial charge in [0.05, 0.1) is 0 Å². The van der Waals surface area contributed by atoms with Crippen molar-refractivity contribution in [1.82, 2.24) is 10.6 Å². The number of ether oxygens (including phenoxy) is 1. The van der Waals surface area contributed by atoms with Crippen molar-refractivity contribution in [2.45, 2.75) is 13.0 Å². The molecule has 0 radical (unpaired) electrons. The maximum atomic E-state index is 13.0. The zero-order valence-electron chi connectivity index (χ0n) is 15.1. The minimum atomic E-state index is -0.725. The molecule has 5 nitrogen and oxygen atoms in total. The molecule has 2 amide bonds. The molecular formula is C20H21Cl2FN2O3. The van der Waals surface area contributed by atoms with Crippen LogP contribution in [-0.2, 0) is 20.9 Å². The van der Waals surface area contributed by atoms with E-state index in [9.17, 15) is 14.0 Å². The number of carbonyl (C=O) groups is 2. The Bertz CT molecular complexity index is 791. The largest absolute Gasteiger partial charge is 0.484 e. The van der Waals surface area contributed by atoms with Gasteiger partial charge in [-0.05, 0) is 30.2 Å². The molecule has 0 bridgehead atoms. The van der Waals surface area contributed by atoms with Gasteiger partial charge in [0.1, 0.15) is 11.6 Å². The van der Waals surface area contributed by atoms with Crippen molar-refractivity contribution in [2.24, 2.45) is 0 Å². The lowest BCUT2D eigenvalue weighted by atomic mass is 10.2. The maximum Gasteiger partial charge on any atom is 0.257 e. The normalized spacial score (nSPS) is 11.5. The number of hydrogen-bond acceptors (Lipinski definition) is 3. The third-order valence-electron chi connectivity index (χ3n) is 3.37. The number of rotatable bonds is 11. The molecule has 0 unspecified atom stereocenters. The highest BCUT2D eigenvalue weighted by Gasteiger charge is 2.08. The summed E-state index contributed by atoms with van der Waals surface area (Å²) in [4.78, 5) is 23.7. The highest BCUT2D eigenvalue weighted by molar-refractivity contribution is 6.30. The fourth-order valence-corrected chi connectivity index (χ4v) is 2.22. The van der Waals surface area contributed by atoms with Crippen LogP contribution in [0.1, 0.15) is 12.0 Å². The van der Waals surface area contributed by atoms with Gasteiger partial charge in [-0.25, -0.2) is 4.39 Å². The monoisotopic (exact) mass is 426 g/mol. The lowest BCUT2D eigenvalue weighted by molar-refractivity contribution is -0.124. The molecule has 0 saturated heterocycles. The Morgan fingerprint density at radius 2 is 2.04 bits per heavy atom. The summed E-state index contributed by atoms with van der Waals surface area (Å²) < 4.78 is 18.1. The van der Waals surface area contributed by atoms with Crippen molar-refractivity contribution < 1.29 is 18.7 Å². The maximum absolute atomic E-state index is 13.0. The Morgan fingerprint density at radius 1 is 1.29 bits per heavy atom. The van der Waals surface area contributed by atoms with Gasteiger partial charge in [0, 0.05) is 35.3 Å². The molecule has 0 aliphatic rings. The van der Waals surface area contributed by atoms with Gasteiger partial charge in [-0.15, -0.1) is 0 Å². The predicted octanol–water partition coefficient (Wildman–Crippen LogP) is 4.15. The Morgan fingerprint density at radius 3 is 2.68 bits per heavy atom. The summed E-state index contributed by atoms with van der Waals surface area (Å²) in [6, 6.07) is 7.14. The topological polar surface area (TPSA) is 67.4 Å². The van der Waals surface area contributed by atoms with Crippen LogP contribution in [0.25, 0.3) is 0 Å². The summed E-state index contributed by atoms with van der Waals surface area (Å²) in [5.41, 5.74) is 1.92. The lowest BCUT2D eigenvalue weighted by Crippen LogP contribution is -2.30. The van der Waals surface area contributed by atoms with Gasteiger partial charge in [0.15, 0.2) is 6.61 Å². The van der Waals surface area contributed by atoms with E-state index in [0.29, 0.717) is 17.1 Å². The third kappa shape index (κ3) is 9.39. The Labute approximate surface area is 173 Å². The second-order valence-electron chi connectivity index (χ2n) is 5.55. The van der Waals surface area contributed by atoms with E-state index in [1.54, 1.807) is 18.2 Å². The number of nitrogens with one attached hydrogen (secondary N) is 2. The molecule has 150 valence electrons. The van der Waals surface area contributed by atoms with E-state index in [-0.39, 0.29) is 31.2 Å². The van der Waals surface area contributed by atoms with Gasteiger partial charge in [0.25, 0.3) is 5.91 Å². The van der Waals surface area contributed by atoms with Crippen LogP contribution < -0.4 is 10.6 Å². The first kappa shape index (κ1) is 23.5. The van der Waals surface area contributed by atoms with Crippen LogP contribution in [0, 0.1) is 0 Å². The van der Waals surface area contributed by atoms with Crippen LogP contribution in [0.2, 0.25) is 5.02 Å². The van der Waals surface area contributed by atoms with Crippen molar-refractivity contribution in [3.63, 3.8) is 0 Å². The van der Waals surface area contributed by atoms with Gasteiger partial charge in [0.2, 0.25) is 5.91 Å². The van der Waals surface area contributed by atoms with Gasteiger partial charge in [-0.2, -0.15) is 0 Å². The van der Waals surface area contributed by atoms with E-state index in [4.69, 9.17) is 27.9 Å². The molecule has 0 fully saturated rings. The molecule has 0 atom stereocenters. The Hall–Kier alpha value is -2.57. The van der Waals surface area contributed by atoms with Gasteiger partial charge < -0.3 is 15.4 Å². The van der Waals surface area contributed by atoms with Crippen LogP contribution in [0.15, 0.2) is 72.3 Å². The molecule has 0 spiro atoms. The minimum absolute atomic E-state index is 0.0642. The summed E-state index contributed by atoms with van der Waals surface area (Å²) in [5, 5.41) is 5.90. The van der Waals surface area contributed by atoms with Crippen LogP contribution in [0.5, 0.6) is 0 Å². The SMILES string of the molecule is C=C/C(=C\C(F)=C\Cl)OCC(=O)NCCC(=C)C(=O)NCc1cccc(Cl)c1. The van der Waals surface area contributed by atoms with E-state index in [2.05, 4.69) is 23.8 Å². The van der Waals surface area contributed by atoms with Crippen LogP contribution >= 0.6 is 23.2 Å². The van der Waals surface area contributed by atoms with E-state index in [1.807, 2.05) is 6.07 Å². The molecular weight excluding hydrogens is 406 g/mol. The second kappa shape index (κ2) is 12.8. The van der Waals surface area contributed by atoms with E-state index in [1.165, 1.54) is 6.08 Å². The minimum Gasteiger partial charge on any atom is -0.484 e. The molecule has 1 rings (SSSR count). The zero-order chi connectivity index (χ0) is 20.9. The molecule has 0 aromatic heterocycles. The zero-order valence-corrected chi connectivity index (χ0v) is 16.7. The predicted molar refractivity (Wildman–Crippen MR) is 109 cm³/mol. The number of amides is 2. The molecule has 2 N–H and O–H groups in total. The first-order valence-electron chi connectivity index (χ1n) is 8.25. The van der Waals surface area contributed by atoms with Crippen molar-refractivity contribution in [1.29, 1.82) is 0 Å². The number of benzene rings is 1. The van der Waals surface area contributed by atoms with E-state index < -0.39 is 11.7 Å². The van der Waals surface area contributed by atoms with Crippen LogP contribution in [0.4, 0.5) is 4.39 Å². The van der Waals surface area contributed by atoms with Crippen molar-refractivity contribution >= 4 is 35.0 Å². The summed E-state index contributed by atoms with van der Waals surface area (Å²) in [7, 11) is 0. The van der Waals surface area contributed by atoms with Crippen LogP contribution in [0.3, 0.4) is 0 Å². The smallest absolute Gasteiger partial charge is 0.257 e. The van der Waals surface area contributed by atoms with Gasteiger partial charge in [-0.3, -0.25) is 9.59 Å². The van der Waals surface area contributed by atoms with Gasteiger partial charge >= 0.3 is 0 Å². The highest BCUT2D eigenvalue weighted by Crippen LogP contribution is 2.10. The Balaban J connectivity index is 2.30. The number of hydrogen-bond donors (Lipinski definition) is 2. The highest BCUT2D eigenvalue weighted by atomic mass is 35.5. The Kier molecular flexibility index (Phi) is 10.7. The summed E-state index contributed by atoms with van der Waals surface area (Å²) in [6.45, 7) is 7.35. The lowest BCUT2D eigenvalue weighted by Gasteiger charge is -2.10. The molecule has 0 saturated carbocycles. The molecule has 0 aliphatic carbocycles. The fourth-order valence-electron chi connectivity index (χ4n) is 1.95. The molecule has 8 heteroatoms. The molecule has 0 heterocycles. The van der Waals surface area contributed by atoms with Gasteiger partial charge in [-0.1, -0.05) is 48.5 Å². The summed E-state index contributed by atoms with van der Waals surface area (Å²) in [5.74, 6) is -1.41. The third-order valence-corrected chi connectivity index (χ3v) is 3.81. The number of halogens is 3. The standard InChI is InChI=1S/C20H21Cl2FN2O3/c1-3-18(10-17(23)11-21)28-13-19(26)24-8-7-14(2)20(27)25-12-15-5-4-6-16(22)9-15/h3-6,9-11H,1-2,7-8,12-13H2,(H,24,26)(H,25,27)/b17-11-,18-10+. The second-order valence-corrected chi connectivity index (χ2v) is 6.20. The van der Waals surface area contributed by atoms with Crippen LogP contribution in [-0.4, -0.2) is 25.0 Å². The number of allylic oxidation sites excluding steroid dienone is 3. The molecule has 28 heavy (non-hydrogen) atoms. The summed E-state index contributed by atoms with van der Waals surface area (Å²) in [6.07, 6.45) is 2.51. The summed E-state index contributed by atoms with van der Waals surface area (Å²) >= 11 is 11.1. The van der Waals surface area contributed by atoms with E-state index in [0.717, 1.165) is 17.2 Å². The first-order valence-corrected chi connectivity index (χ1v) is 9.07. The molecule has 0 aliphatic heterocycles. The van der Waals surface area contributed by atoms with Crippen molar-refractivity contribution in [3.8, 4) is 0 Å². The van der Waals surface area contributed by atoms with E-state index >= 15 is 0 Å². The quantitative estimate of drug-likeness (QED) is 0.317.